The van der Waals surface area contributed by atoms with E-state index in [0.29, 0.717) is 29.5 Å². The summed E-state index contributed by atoms with van der Waals surface area (Å²) in [6, 6.07) is 9.30. The number of carbonyl (C=O) groups is 1. The van der Waals surface area contributed by atoms with E-state index in [0.717, 1.165) is 16.7 Å². The third-order valence-electron chi connectivity index (χ3n) is 4.45. The van der Waals surface area contributed by atoms with E-state index < -0.39 is 0 Å². The maximum atomic E-state index is 12.5. The monoisotopic (exact) mass is 385 g/mol. The number of hydrogen-bond acceptors (Lipinski definition) is 5. The minimum Gasteiger partial charge on any atom is -0.493 e. The fourth-order valence-electron chi connectivity index (χ4n) is 2.78. The average Bonchev–Trinajstić information content (AvgIpc) is 2.72. The molecule has 0 unspecified atom stereocenters. The quantitative estimate of drug-likeness (QED) is 0.649. The lowest BCUT2D eigenvalue weighted by Crippen LogP contribution is -2.24. The number of benzene rings is 2. The Balaban J connectivity index is 2.12. The van der Waals surface area contributed by atoms with Crippen molar-refractivity contribution in [2.75, 3.05) is 35.5 Å². The second-order valence-corrected chi connectivity index (χ2v) is 6.28. The summed E-state index contributed by atoms with van der Waals surface area (Å²) in [4.78, 5) is 14.2. The first-order valence-corrected chi connectivity index (χ1v) is 8.80. The van der Waals surface area contributed by atoms with Gasteiger partial charge in [-0.2, -0.15) is 0 Å². The second-order valence-electron chi connectivity index (χ2n) is 6.28. The second kappa shape index (κ2) is 9.69. The molecular weight excluding hydrogens is 358 g/mol. The molecule has 28 heavy (non-hydrogen) atoms. The van der Waals surface area contributed by atoms with Crippen LogP contribution in [0.4, 0.5) is 0 Å². The topological polar surface area (TPSA) is 57.2 Å². The summed E-state index contributed by atoms with van der Waals surface area (Å²) in [6.07, 6.45) is 3.29. The molecule has 0 heterocycles. The highest BCUT2D eigenvalue weighted by Gasteiger charge is 2.12. The Hall–Kier alpha value is -3.15. The van der Waals surface area contributed by atoms with Gasteiger partial charge in [0.05, 0.1) is 28.4 Å². The molecule has 0 spiro atoms. The van der Waals surface area contributed by atoms with Gasteiger partial charge >= 0.3 is 0 Å². The zero-order chi connectivity index (χ0) is 20.7. The van der Waals surface area contributed by atoms with Crippen LogP contribution in [-0.2, 0) is 11.3 Å². The van der Waals surface area contributed by atoms with Crippen molar-refractivity contribution in [2.24, 2.45) is 0 Å². The molecule has 0 bridgehead atoms. The summed E-state index contributed by atoms with van der Waals surface area (Å²) in [5.41, 5.74) is 2.87. The minimum atomic E-state index is -0.107. The molecule has 0 atom stereocenters. The largest absolute Gasteiger partial charge is 0.493 e. The fourth-order valence-corrected chi connectivity index (χ4v) is 2.78. The van der Waals surface area contributed by atoms with E-state index in [1.807, 2.05) is 31.2 Å². The first kappa shape index (κ1) is 21.2. The molecule has 150 valence electrons. The van der Waals surface area contributed by atoms with Crippen molar-refractivity contribution >= 4 is 12.0 Å². The van der Waals surface area contributed by atoms with Crippen LogP contribution in [0.5, 0.6) is 23.0 Å². The third kappa shape index (κ3) is 4.97. The van der Waals surface area contributed by atoms with Crippen LogP contribution in [0.1, 0.15) is 16.7 Å². The molecule has 2 rings (SSSR count). The molecular formula is C22H27NO5. The maximum Gasteiger partial charge on any atom is 0.246 e. The Morgan fingerprint density at radius 2 is 1.46 bits per heavy atom. The lowest BCUT2D eigenvalue weighted by Gasteiger charge is -2.18. The number of nitrogens with zero attached hydrogens (tertiary/aromatic N) is 1. The molecule has 2 aromatic carbocycles. The van der Waals surface area contributed by atoms with Gasteiger partial charge in [-0.25, -0.2) is 0 Å². The van der Waals surface area contributed by atoms with Gasteiger partial charge in [0.25, 0.3) is 0 Å². The van der Waals surface area contributed by atoms with Crippen LogP contribution in [0.15, 0.2) is 36.4 Å². The van der Waals surface area contributed by atoms with Crippen molar-refractivity contribution in [3.8, 4) is 23.0 Å². The number of methoxy groups -OCH3 is 4. The fraction of sp³-hybridized carbons (Fsp3) is 0.318. The van der Waals surface area contributed by atoms with E-state index in [1.54, 1.807) is 52.5 Å². The molecule has 6 nitrogen and oxygen atoms in total. The van der Waals surface area contributed by atoms with Crippen molar-refractivity contribution in [2.45, 2.75) is 13.5 Å². The highest BCUT2D eigenvalue weighted by molar-refractivity contribution is 5.91. The first-order valence-electron chi connectivity index (χ1n) is 8.80. The molecule has 0 fully saturated rings. The van der Waals surface area contributed by atoms with Gasteiger partial charge in [0.1, 0.15) is 0 Å². The lowest BCUT2D eigenvalue weighted by molar-refractivity contribution is -0.125. The smallest absolute Gasteiger partial charge is 0.246 e. The van der Waals surface area contributed by atoms with Crippen LogP contribution >= 0.6 is 0 Å². The van der Waals surface area contributed by atoms with E-state index in [1.165, 1.54) is 6.08 Å². The Bertz CT molecular complexity index is 860. The average molecular weight is 385 g/mol. The highest BCUT2D eigenvalue weighted by atomic mass is 16.5. The molecule has 1 amide bonds. The molecule has 0 saturated carbocycles. The van der Waals surface area contributed by atoms with Crippen molar-refractivity contribution in [3.05, 3.63) is 53.1 Å². The molecule has 0 radical (unpaired) electrons. The molecule has 0 N–H and O–H groups in total. The highest BCUT2D eigenvalue weighted by Crippen LogP contribution is 2.31. The Morgan fingerprint density at radius 1 is 0.893 bits per heavy atom. The number of rotatable bonds is 8. The molecule has 2 aromatic rings. The molecule has 0 aliphatic rings. The zero-order valence-corrected chi connectivity index (χ0v) is 17.2. The van der Waals surface area contributed by atoms with E-state index >= 15 is 0 Å². The standard InChI is InChI=1S/C22H27NO5/c1-15-11-19(26-4)21(28-6)13-17(15)14-23(2)22(24)10-8-16-7-9-18(25-3)20(12-16)27-5/h7-13H,14H2,1-6H3/b10-8+. The Kier molecular flexibility index (Phi) is 7.32. The third-order valence-corrected chi connectivity index (χ3v) is 4.45. The predicted octanol–water partition coefficient (Wildman–Crippen LogP) is 3.70. The van der Waals surface area contributed by atoms with Crippen LogP contribution < -0.4 is 18.9 Å². The van der Waals surface area contributed by atoms with Crippen molar-refractivity contribution in [3.63, 3.8) is 0 Å². The minimum absolute atomic E-state index is 0.107. The number of ether oxygens (including phenoxy) is 4. The number of carbonyl (C=O) groups excluding carboxylic acids is 1. The van der Waals surface area contributed by atoms with Crippen LogP contribution in [0.2, 0.25) is 0 Å². The van der Waals surface area contributed by atoms with Crippen molar-refractivity contribution < 1.29 is 23.7 Å². The van der Waals surface area contributed by atoms with Crippen LogP contribution in [0.25, 0.3) is 6.08 Å². The molecule has 0 aliphatic carbocycles. The molecule has 0 aromatic heterocycles. The van der Waals surface area contributed by atoms with Gasteiger partial charge in [-0.1, -0.05) is 6.07 Å². The maximum absolute atomic E-state index is 12.5. The summed E-state index contributed by atoms with van der Waals surface area (Å²) in [6.45, 7) is 2.44. The van der Waals surface area contributed by atoms with Gasteiger partial charge in [0.2, 0.25) is 5.91 Å². The van der Waals surface area contributed by atoms with Gasteiger partial charge in [-0.15, -0.1) is 0 Å². The van der Waals surface area contributed by atoms with Crippen LogP contribution in [-0.4, -0.2) is 46.3 Å². The molecule has 6 heteroatoms. The van der Waals surface area contributed by atoms with E-state index in [2.05, 4.69) is 0 Å². The summed E-state index contributed by atoms with van der Waals surface area (Å²) in [5, 5.41) is 0. The van der Waals surface area contributed by atoms with Gasteiger partial charge in [0, 0.05) is 19.7 Å². The Morgan fingerprint density at radius 3 is 2.07 bits per heavy atom. The van der Waals surface area contributed by atoms with Gasteiger partial charge < -0.3 is 23.8 Å². The summed E-state index contributed by atoms with van der Waals surface area (Å²) in [5.74, 6) is 2.47. The first-order chi connectivity index (χ1) is 13.4. The van der Waals surface area contributed by atoms with Gasteiger partial charge in [-0.3, -0.25) is 4.79 Å². The zero-order valence-electron chi connectivity index (χ0n) is 17.2. The summed E-state index contributed by atoms with van der Waals surface area (Å²) >= 11 is 0. The predicted molar refractivity (Wildman–Crippen MR) is 109 cm³/mol. The van der Waals surface area contributed by atoms with Gasteiger partial charge in [-0.05, 0) is 54.0 Å². The number of amides is 1. The van der Waals surface area contributed by atoms with E-state index in [9.17, 15) is 4.79 Å². The van der Waals surface area contributed by atoms with E-state index in [4.69, 9.17) is 18.9 Å². The normalized spacial score (nSPS) is 10.6. The lowest BCUT2D eigenvalue weighted by atomic mass is 10.1. The van der Waals surface area contributed by atoms with Gasteiger partial charge in [0.15, 0.2) is 23.0 Å². The Labute approximate surface area is 166 Å². The number of hydrogen-bond donors (Lipinski definition) is 0. The van der Waals surface area contributed by atoms with Crippen molar-refractivity contribution in [1.29, 1.82) is 0 Å². The molecule has 0 aliphatic heterocycles. The summed E-state index contributed by atoms with van der Waals surface area (Å²) in [7, 11) is 8.12. The molecule has 0 saturated heterocycles. The number of aryl methyl sites for hydroxylation is 1. The van der Waals surface area contributed by atoms with Crippen LogP contribution in [0.3, 0.4) is 0 Å². The SMILES string of the molecule is COc1ccc(/C=C/C(=O)N(C)Cc2cc(OC)c(OC)cc2C)cc1OC. The van der Waals surface area contributed by atoms with E-state index in [-0.39, 0.29) is 5.91 Å². The van der Waals surface area contributed by atoms with Crippen LogP contribution in [0, 0.1) is 6.92 Å². The van der Waals surface area contributed by atoms with Crippen molar-refractivity contribution in [1.82, 2.24) is 4.90 Å². The summed E-state index contributed by atoms with van der Waals surface area (Å²) < 4.78 is 21.2. The number of likely N-dealkylation sites (N-methyl/N-ethyl adjacent to an activating group) is 1.